The van der Waals surface area contributed by atoms with E-state index in [0.29, 0.717) is 0 Å². The number of hydrogen-bond donors (Lipinski definition) is 0. The van der Waals surface area contributed by atoms with E-state index in [4.69, 9.17) is 0 Å². The minimum absolute atomic E-state index is 0.0183. The summed E-state index contributed by atoms with van der Waals surface area (Å²) in [4.78, 5) is 13.8. The molecule has 5 nitrogen and oxygen atoms in total. The van der Waals surface area contributed by atoms with Crippen LogP contribution in [-0.4, -0.2) is 49.7 Å². The lowest BCUT2D eigenvalue weighted by atomic mass is 10.1. The third-order valence-electron chi connectivity index (χ3n) is 6.05. The SMILES string of the molecule is CC(C)=C[C@H]1[C@@H](C(=O)N2CCN(S(=O)(=O)c3ccccc3C(F)(F)F)CC2)C1(C)C. The smallest absolute Gasteiger partial charge is 0.340 e. The van der Waals surface area contributed by atoms with Crippen LogP contribution in [0.25, 0.3) is 0 Å². The average molecular weight is 445 g/mol. The fourth-order valence-electron chi connectivity index (χ4n) is 4.23. The number of benzene rings is 1. The van der Waals surface area contributed by atoms with Crippen LogP contribution >= 0.6 is 0 Å². The number of amides is 1. The van der Waals surface area contributed by atoms with E-state index in [1.807, 2.05) is 27.7 Å². The van der Waals surface area contributed by atoms with Crippen LogP contribution in [0.5, 0.6) is 0 Å². The second-order valence-electron chi connectivity index (χ2n) is 8.79. The average Bonchev–Trinajstić information content (AvgIpc) is 3.19. The van der Waals surface area contributed by atoms with Gasteiger partial charge >= 0.3 is 6.18 Å². The van der Waals surface area contributed by atoms with Crippen LogP contribution in [0.3, 0.4) is 0 Å². The molecule has 1 saturated carbocycles. The molecule has 2 atom stereocenters. The van der Waals surface area contributed by atoms with Gasteiger partial charge in [0.1, 0.15) is 0 Å². The Bertz CT molecular complexity index is 958. The summed E-state index contributed by atoms with van der Waals surface area (Å²) >= 11 is 0. The molecule has 2 aliphatic rings. The third kappa shape index (κ3) is 4.14. The van der Waals surface area contributed by atoms with Crippen LogP contribution in [0, 0.1) is 17.3 Å². The van der Waals surface area contributed by atoms with Gasteiger partial charge in [-0.1, -0.05) is 37.6 Å². The first-order valence-electron chi connectivity index (χ1n) is 9.88. The summed E-state index contributed by atoms with van der Waals surface area (Å²) in [5.74, 6) is -0.0211. The van der Waals surface area contributed by atoms with E-state index < -0.39 is 26.7 Å². The number of alkyl halides is 3. The maximum absolute atomic E-state index is 13.3. The number of hydrogen-bond acceptors (Lipinski definition) is 3. The molecule has 0 unspecified atom stereocenters. The first-order valence-corrected chi connectivity index (χ1v) is 11.3. The lowest BCUT2D eigenvalue weighted by Crippen LogP contribution is -2.51. The van der Waals surface area contributed by atoms with Crippen LogP contribution in [0.2, 0.25) is 0 Å². The third-order valence-corrected chi connectivity index (χ3v) is 8.01. The van der Waals surface area contributed by atoms with Crippen LogP contribution in [0.4, 0.5) is 13.2 Å². The fraction of sp³-hybridized carbons (Fsp3) is 0.571. The Morgan fingerprint density at radius 3 is 2.20 bits per heavy atom. The second-order valence-corrected chi connectivity index (χ2v) is 10.7. The van der Waals surface area contributed by atoms with Gasteiger partial charge in [-0.25, -0.2) is 8.42 Å². The summed E-state index contributed by atoms with van der Waals surface area (Å²) in [7, 11) is -4.31. The van der Waals surface area contributed by atoms with Crippen LogP contribution < -0.4 is 0 Å². The molecule has 0 spiro atoms. The lowest BCUT2D eigenvalue weighted by Gasteiger charge is -2.34. The molecular weight excluding hydrogens is 417 g/mol. The number of nitrogens with zero attached hydrogens (tertiary/aromatic N) is 2. The van der Waals surface area contributed by atoms with E-state index in [2.05, 4.69) is 6.08 Å². The molecule has 1 aromatic carbocycles. The Labute approximate surface area is 175 Å². The monoisotopic (exact) mass is 444 g/mol. The number of piperazine rings is 1. The summed E-state index contributed by atoms with van der Waals surface area (Å²) in [6, 6.07) is 4.19. The minimum Gasteiger partial charge on any atom is -0.340 e. The molecule has 30 heavy (non-hydrogen) atoms. The van der Waals surface area contributed by atoms with Crippen molar-refractivity contribution >= 4 is 15.9 Å². The molecule has 1 aliphatic carbocycles. The number of carbonyl (C=O) groups is 1. The molecule has 1 amide bonds. The standard InChI is InChI=1S/C21H27F3N2O3S/c1-14(2)13-16-18(20(16,3)4)19(27)25-9-11-26(12-10-25)30(28,29)17-8-6-5-7-15(17)21(22,23)24/h5-8,13,16,18H,9-12H2,1-4H3/t16-,18-/m0/s1. The highest BCUT2D eigenvalue weighted by molar-refractivity contribution is 7.89. The van der Waals surface area contributed by atoms with E-state index in [-0.39, 0.29) is 49.3 Å². The highest BCUT2D eigenvalue weighted by Gasteiger charge is 2.61. The quantitative estimate of drug-likeness (QED) is 0.665. The van der Waals surface area contributed by atoms with Gasteiger partial charge in [-0.3, -0.25) is 4.79 Å². The zero-order valence-electron chi connectivity index (χ0n) is 17.5. The fourth-order valence-corrected chi connectivity index (χ4v) is 5.86. The first kappa shape index (κ1) is 22.8. The van der Waals surface area contributed by atoms with E-state index in [0.717, 1.165) is 22.0 Å². The van der Waals surface area contributed by atoms with E-state index in [1.165, 1.54) is 12.1 Å². The Kier molecular flexibility index (Phi) is 5.83. The summed E-state index contributed by atoms with van der Waals surface area (Å²) in [5.41, 5.74) is -0.182. The Morgan fingerprint density at radius 1 is 1.10 bits per heavy atom. The number of sulfonamides is 1. The Morgan fingerprint density at radius 2 is 1.67 bits per heavy atom. The van der Waals surface area contributed by atoms with Gasteiger partial charge in [-0.2, -0.15) is 17.5 Å². The molecule has 1 saturated heterocycles. The zero-order chi connectivity index (χ0) is 22.5. The summed E-state index contributed by atoms with van der Waals surface area (Å²) < 4.78 is 66.6. The molecule has 1 heterocycles. The molecule has 0 aromatic heterocycles. The van der Waals surface area contributed by atoms with Gasteiger partial charge < -0.3 is 4.90 Å². The van der Waals surface area contributed by atoms with Gasteiger partial charge in [0.2, 0.25) is 15.9 Å². The van der Waals surface area contributed by atoms with Crippen molar-refractivity contribution in [3.8, 4) is 0 Å². The number of carbonyl (C=O) groups excluding carboxylic acids is 1. The molecule has 9 heteroatoms. The molecule has 1 aliphatic heterocycles. The van der Waals surface area contributed by atoms with Crippen molar-refractivity contribution in [2.24, 2.45) is 17.3 Å². The van der Waals surface area contributed by atoms with E-state index in [9.17, 15) is 26.4 Å². The van der Waals surface area contributed by atoms with Gasteiger partial charge in [0.05, 0.1) is 16.4 Å². The predicted octanol–water partition coefficient (Wildman–Crippen LogP) is 3.78. The van der Waals surface area contributed by atoms with Gasteiger partial charge in [-0.05, 0) is 37.3 Å². The van der Waals surface area contributed by atoms with Gasteiger partial charge in [0.25, 0.3) is 0 Å². The Balaban J connectivity index is 1.72. The molecular formula is C21H27F3N2O3S. The number of allylic oxidation sites excluding steroid dienone is 2. The van der Waals surface area contributed by atoms with Crippen molar-refractivity contribution in [2.45, 2.75) is 38.8 Å². The molecule has 0 bridgehead atoms. The molecule has 1 aromatic rings. The zero-order valence-corrected chi connectivity index (χ0v) is 18.3. The largest absolute Gasteiger partial charge is 0.417 e. The molecule has 2 fully saturated rings. The van der Waals surface area contributed by atoms with Crippen molar-refractivity contribution in [3.05, 3.63) is 41.5 Å². The second kappa shape index (κ2) is 7.67. The van der Waals surface area contributed by atoms with Crippen molar-refractivity contribution < 1.29 is 26.4 Å². The van der Waals surface area contributed by atoms with Crippen molar-refractivity contribution in [2.75, 3.05) is 26.2 Å². The summed E-state index contributed by atoms with van der Waals surface area (Å²) in [6.07, 6.45) is -2.67. The van der Waals surface area contributed by atoms with E-state index in [1.54, 1.807) is 4.90 Å². The Hall–Kier alpha value is -1.87. The highest BCUT2D eigenvalue weighted by atomic mass is 32.2. The van der Waals surface area contributed by atoms with Crippen molar-refractivity contribution in [1.82, 2.24) is 9.21 Å². The minimum atomic E-state index is -4.76. The molecule has 3 rings (SSSR count). The summed E-state index contributed by atoms with van der Waals surface area (Å²) in [6.45, 7) is 8.32. The van der Waals surface area contributed by atoms with Crippen LogP contribution in [0.1, 0.15) is 33.3 Å². The number of halogens is 3. The van der Waals surface area contributed by atoms with Gasteiger partial charge in [0.15, 0.2) is 0 Å². The number of rotatable bonds is 4. The first-order chi connectivity index (χ1) is 13.8. The van der Waals surface area contributed by atoms with Gasteiger partial charge in [-0.15, -0.1) is 0 Å². The molecule has 0 radical (unpaired) electrons. The van der Waals surface area contributed by atoms with Crippen LogP contribution in [-0.2, 0) is 21.0 Å². The van der Waals surface area contributed by atoms with Crippen molar-refractivity contribution in [3.63, 3.8) is 0 Å². The van der Waals surface area contributed by atoms with Crippen LogP contribution in [0.15, 0.2) is 40.8 Å². The lowest BCUT2D eigenvalue weighted by molar-refractivity contribution is -0.140. The molecule has 166 valence electrons. The van der Waals surface area contributed by atoms with Crippen molar-refractivity contribution in [1.29, 1.82) is 0 Å². The highest BCUT2D eigenvalue weighted by Crippen LogP contribution is 2.60. The maximum atomic E-state index is 13.3. The van der Waals surface area contributed by atoms with Gasteiger partial charge in [0, 0.05) is 26.2 Å². The summed E-state index contributed by atoms with van der Waals surface area (Å²) in [5, 5.41) is 0. The molecule has 0 N–H and O–H groups in total. The topological polar surface area (TPSA) is 57.7 Å². The predicted molar refractivity (Wildman–Crippen MR) is 107 cm³/mol. The normalized spacial score (nSPS) is 24.4. The maximum Gasteiger partial charge on any atom is 0.417 e. The van der Waals surface area contributed by atoms with E-state index >= 15 is 0 Å².